The summed E-state index contributed by atoms with van der Waals surface area (Å²) in [5.41, 5.74) is 3.02. The minimum Gasteiger partial charge on any atom is -0.468 e. The Kier molecular flexibility index (Phi) is 7.60. The molecule has 0 unspecified atom stereocenters. The highest BCUT2D eigenvalue weighted by atomic mass is 32.2. The second-order valence-corrected chi connectivity index (χ2v) is 10.4. The van der Waals surface area contributed by atoms with Crippen LogP contribution in [0.25, 0.3) is 0 Å². The summed E-state index contributed by atoms with van der Waals surface area (Å²) in [6.07, 6.45) is 1.06. The van der Waals surface area contributed by atoms with Crippen LogP contribution in [0.5, 0.6) is 0 Å². The number of aromatic nitrogens is 2. The maximum Gasteiger partial charge on any atom is 0.316 e. The van der Waals surface area contributed by atoms with E-state index in [1.807, 2.05) is 19.1 Å². The third-order valence-corrected chi connectivity index (χ3v) is 6.82. The van der Waals surface area contributed by atoms with Crippen molar-refractivity contribution in [2.75, 3.05) is 35.3 Å². The van der Waals surface area contributed by atoms with Crippen LogP contribution < -0.4 is 9.62 Å². The summed E-state index contributed by atoms with van der Waals surface area (Å²) in [6.45, 7) is 5.14. The van der Waals surface area contributed by atoms with Gasteiger partial charge in [-0.15, -0.1) is 10.2 Å². The number of anilines is 2. The Morgan fingerprint density at radius 1 is 1.21 bits per heavy atom. The molecule has 0 fully saturated rings. The molecule has 29 heavy (non-hydrogen) atoms. The van der Waals surface area contributed by atoms with Gasteiger partial charge < -0.3 is 4.74 Å². The maximum atomic E-state index is 12.5. The number of hydrogen-bond donors (Lipinski definition) is 1. The molecule has 0 saturated heterocycles. The number of aryl methyl sites for hydroxylation is 3. The molecule has 0 spiro atoms. The number of esters is 1. The fraction of sp³-hybridized carbons (Fsp3) is 0.412. The molecule has 0 aliphatic rings. The maximum absolute atomic E-state index is 12.5. The highest BCUT2D eigenvalue weighted by molar-refractivity contribution is 8.01. The average Bonchev–Trinajstić information content (AvgIpc) is 3.04. The topological polar surface area (TPSA) is 119 Å². The third kappa shape index (κ3) is 6.41. The van der Waals surface area contributed by atoms with E-state index in [1.165, 1.54) is 7.11 Å². The van der Waals surface area contributed by atoms with Gasteiger partial charge in [0.05, 0.1) is 24.8 Å². The third-order valence-electron chi connectivity index (χ3n) is 3.77. The zero-order chi connectivity index (χ0) is 21.8. The molecule has 2 aromatic rings. The van der Waals surface area contributed by atoms with E-state index in [2.05, 4.69) is 20.3 Å². The molecule has 1 aromatic heterocycles. The lowest BCUT2D eigenvalue weighted by Gasteiger charge is -2.25. The molecule has 158 valence electrons. The molecule has 0 atom stereocenters. The van der Waals surface area contributed by atoms with Crippen LogP contribution in [0, 0.1) is 20.8 Å². The molecule has 0 aliphatic carbocycles. The lowest BCUT2D eigenvalue weighted by Crippen LogP contribution is -2.38. The van der Waals surface area contributed by atoms with Crippen LogP contribution in [0.4, 0.5) is 10.8 Å². The number of ether oxygens (including phenoxy) is 1. The number of rotatable bonds is 8. The number of carbonyl (C=O) groups excluding carboxylic acids is 2. The van der Waals surface area contributed by atoms with E-state index >= 15 is 0 Å². The van der Waals surface area contributed by atoms with Gasteiger partial charge in [0.2, 0.25) is 21.1 Å². The number of hydrogen-bond acceptors (Lipinski definition) is 9. The number of sulfonamides is 1. The highest BCUT2D eigenvalue weighted by Crippen LogP contribution is 2.29. The van der Waals surface area contributed by atoms with Gasteiger partial charge >= 0.3 is 5.97 Å². The second kappa shape index (κ2) is 9.55. The largest absolute Gasteiger partial charge is 0.468 e. The van der Waals surface area contributed by atoms with Gasteiger partial charge in [0, 0.05) is 0 Å². The first kappa shape index (κ1) is 23.1. The predicted octanol–water partition coefficient (Wildman–Crippen LogP) is 2.13. The molecule has 1 amide bonds. The van der Waals surface area contributed by atoms with E-state index in [0.29, 0.717) is 10.0 Å². The molecular formula is C17H22N4O5S3. The van der Waals surface area contributed by atoms with Crippen LogP contribution in [0.15, 0.2) is 16.5 Å². The van der Waals surface area contributed by atoms with Gasteiger partial charge in [-0.2, -0.15) is 0 Å². The fourth-order valence-corrected chi connectivity index (χ4v) is 5.29. The first-order valence-electron chi connectivity index (χ1n) is 8.39. The Hall–Kier alpha value is -2.18. The lowest BCUT2D eigenvalue weighted by atomic mass is 10.1. The number of methoxy groups -OCH3 is 1. The van der Waals surface area contributed by atoms with Crippen LogP contribution in [0.2, 0.25) is 0 Å². The monoisotopic (exact) mass is 458 g/mol. The summed E-state index contributed by atoms with van der Waals surface area (Å²) in [5, 5.41) is 10.5. The minimum absolute atomic E-state index is 0.0763. The van der Waals surface area contributed by atoms with Crippen molar-refractivity contribution >= 4 is 55.8 Å². The Balaban J connectivity index is 2.15. The predicted molar refractivity (Wildman–Crippen MR) is 114 cm³/mol. The van der Waals surface area contributed by atoms with Gasteiger partial charge in [-0.05, 0) is 31.9 Å². The van der Waals surface area contributed by atoms with Crippen LogP contribution >= 0.6 is 23.1 Å². The molecule has 0 saturated carbocycles. The molecule has 0 aliphatic heterocycles. The van der Waals surface area contributed by atoms with Crippen molar-refractivity contribution in [3.63, 3.8) is 0 Å². The standard InChI is InChI=1S/C17H22N4O5S3/c1-10-6-11(2)15(12(3)7-10)21(29(5,24)25)8-13(22)18-16-19-20-17(28-16)27-9-14(23)26-4/h6-7H,8-9H2,1-5H3,(H,18,19,22). The van der Waals surface area contributed by atoms with Crippen molar-refractivity contribution in [1.29, 1.82) is 0 Å². The molecule has 1 aromatic carbocycles. The van der Waals surface area contributed by atoms with Gasteiger partial charge in [-0.3, -0.25) is 19.2 Å². The molecule has 1 N–H and O–H groups in total. The van der Waals surface area contributed by atoms with Crippen molar-refractivity contribution in [2.24, 2.45) is 0 Å². The van der Waals surface area contributed by atoms with Crippen molar-refractivity contribution in [1.82, 2.24) is 10.2 Å². The normalized spacial score (nSPS) is 11.2. The van der Waals surface area contributed by atoms with Gasteiger partial charge in [-0.1, -0.05) is 40.8 Å². The van der Waals surface area contributed by atoms with Crippen LogP contribution in [-0.2, 0) is 24.3 Å². The molecule has 12 heteroatoms. The first-order valence-corrected chi connectivity index (χ1v) is 12.0. The summed E-state index contributed by atoms with van der Waals surface area (Å²) in [6, 6.07) is 3.74. The van der Waals surface area contributed by atoms with Crippen molar-refractivity contribution in [3.8, 4) is 0 Å². The van der Waals surface area contributed by atoms with Crippen molar-refractivity contribution < 1.29 is 22.7 Å². The molecule has 1 heterocycles. The zero-order valence-electron chi connectivity index (χ0n) is 16.7. The number of nitrogens with one attached hydrogen (secondary N) is 1. The van der Waals surface area contributed by atoms with E-state index in [-0.39, 0.29) is 10.9 Å². The quantitative estimate of drug-likeness (QED) is 0.363. The Bertz CT molecular complexity index is 997. The number of thioether (sulfide) groups is 1. The molecule has 9 nitrogen and oxygen atoms in total. The van der Waals surface area contributed by atoms with E-state index in [0.717, 1.165) is 50.4 Å². The summed E-state index contributed by atoms with van der Waals surface area (Å²) < 4.78 is 30.8. The first-order chi connectivity index (χ1) is 13.5. The summed E-state index contributed by atoms with van der Waals surface area (Å²) in [7, 11) is -2.40. The average molecular weight is 459 g/mol. The fourth-order valence-electron chi connectivity index (χ4n) is 2.72. The van der Waals surface area contributed by atoms with Gasteiger partial charge in [-0.25, -0.2) is 8.42 Å². The lowest BCUT2D eigenvalue weighted by molar-refractivity contribution is -0.137. The van der Waals surface area contributed by atoms with Crippen molar-refractivity contribution in [2.45, 2.75) is 25.1 Å². The van der Waals surface area contributed by atoms with Gasteiger partial charge in [0.1, 0.15) is 6.54 Å². The Morgan fingerprint density at radius 2 is 1.83 bits per heavy atom. The van der Waals surface area contributed by atoms with E-state index in [4.69, 9.17) is 0 Å². The summed E-state index contributed by atoms with van der Waals surface area (Å²) >= 11 is 2.22. The zero-order valence-corrected chi connectivity index (χ0v) is 19.1. The van der Waals surface area contributed by atoms with Crippen LogP contribution in [-0.4, -0.2) is 56.2 Å². The van der Waals surface area contributed by atoms with Crippen LogP contribution in [0.1, 0.15) is 16.7 Å². The van der Waals surface area contributed by atoms with E-state index < -0.39 is 28.4 Å². The van der Waals surface area contributed by atoms with Crippen LogP contribution in [0.3, 0.4) is 0 Å². The second-order valence-electron chi connectivity index (χ2n) is 6.30. The number of carbonyl (C=O) groups is 2. The number of nitrogens with zero attached hydrogens (tertiary/aromatic N) is 3. The molecule has 0 radical (unpaired) electrons. The Labute approximate surface area is 177 Å². The molecular weight excluding hydrogens is 436 g/mol. The van der Waals surface area contributed by atoms with Crippen molar-refractivity contribution in [3.05, 3.63) is 28.8 Å². The number of benzene rings is 1. The summed E-state index contributed by atoms with van der Waals surface area (Å²) in [4.78, 5) is 23.7. The SMILES string of the molecule is COC(=O)CSc1nnc(NC(=O)CN(c2c(C)cc(C)cc2C)S(C)(=O)=O)s1. The molecule has 0 bridgehead atoms. The minimum atomic E-state index is -3.69. The highest BCUT2D eigenvalue weighted by Gasteiger charge is 2.24. The van der Waals surface area contributed by atoms with E-state index in [1.54, 1.807) is 13.8 Å². The summed E-state index contributed by atoms with van der Waals surface area (Å²) in [5.74, 6) is -0.869. The van der Waals surface area contributed by atoms with E-state index in [9.17, 15) is 18.0 Å². The van der Waals surface area contributed by atoms with Gasteiger partial charge in [0.15, 0.2) is 4.34 Å². The van der Waals surface area contributed by atoms with Gasteiger partial charge in [0.25, 0.3) is 0 Å². The smallest absolute Gasteiger partial charge is 0.316 e. The molecule has 2 rings (SSSR count). The Morgan fingerprint density at radius 3 is 2.38 bits per heavy atom. The number of amides is 1.